The Morgan fingerprint density at radius 2 is 2.32 bits per heavy atom. The van der Waals surface area contributed by atoms with E-state index in [-0.39, 0.29) is 5.41 Å². The standard InChI is InChI=1S/C15H23FN2O/c1-11-4-3-7-15(8-11,10-17)14(2,19)13-6-5-12(16)9-18-13/h5-6,9,11,19H,3-4,7-8,10,17H2,1-2H3. The number of hydrogen-bond donors (Lipinski definition) is 2. The summed E-state index contributed by atoms with van der Waals surface area (Å²) < 4.78 is 13.0. The van der Waals surface area contributed by atoms with Gasteiger partial charge in [0, 0.05) is 12.0 Å². The molecule has 3 N–H and O–H groups in total. The van der Waals surface area contributed by atoms with Crippen molar-refractivity contribution in [2.75, 3.05) is 6.54 Å². The maximum Gasteiger partial charge on any atom is 0.141 e. The molecule has 2 rings (SSSR count). The first-order chi connectivity index (χ1) is 8.91. The summed E-state index contributed by atoms with van der Waals surface area (Å²) >= 11 is 0. The van der Waals surface area contributed by atoms with Gasteiger partial charge in [0.05, 0.1) is 11.9 Å². The molecule has 19 heavy (non-hydrogen) atoms. The quantitative estimate of drug-likeness (QED) is 0.884. The van der Waals surface area contributed by atoms with Gasteiger partial charge in [-0.25, -0.2) is 4.39 Å². The molecule has 0 aromatic carbocycles. The third-order valence-electron chi connectivity index (χ3n) is 4.74. The molecule has 106 valence electrons. The first-order valence-electron chi connectivity index (χ1n) is 6.96. The predicted molar refractivity (Wildman–Crippen MR) is 72.9 cm³/mol. The minimum Gasteiger partial charge on any atom is -0.383 e. The van der Waals surface area contributed by atoms with E-state index in [1.54, 1.807) is 13.0 Å². The molecule has 3 atom stereocenters. The van der Waals surface area contributed by atoms with Gasteiger partial charge in [0.1, 0.15) is 11.4 Å². The summed E-state index contributed by atoms with van der Waals surface area (Å²) in [7, 11) is 0. The topological polar surface area (TPSA) is 59.1 Å². The Hall–Kier alpha value is -1.00. The minimum absolute atomic E-state index is 0.366. The van der Waals surface area contributed by atoms with Crippen molar-refractivity contribution in [2.45, 2.75) is 45.1 Å². The van der Waals surface area contributed by atoms with Gasteiger partial charge < -0.3 is 10.8 Å². The van der Waals surface area contributed by atoms with E-state index in [2.05, 4.69) is 11.9 Å². The number of rotatable bonds is 3. The molecule has 0 radical (unpaired) electrons. The third-order valence-corrected chi connectivity index (χ3v) is 4.74. The van der Waals surface area contributed by atoms with Crippen LogP contribution < -0.4 is 5.73 Å². The number of pyridine rings is 1. The lowest BCUT2D eigenvalue weighted by molar-refractivity contribution is -0.103. The summed E-state index contributed by atoms with van der Waals surface area (Å²) in [4.78, 5) is 4.06. The highest BCUT2D eigenvalue weighted by Crippen LogP contribution is 2.50. The van der Waals surface area contributed by atoms with E-state index in [0.29, 0.717) is 18.2 Å². The van der Waals surface area contributed by atoms with Crippen LogP contribution in [0.5, 0.6) is 0 Å². The minimum atomic E-state index is -1.12. The summed E-state index contributed by atoms with van der Waals surface area (Å²) in [6, 6.07) is 2.90. The summed E-state index contributed by atoms with van der Waals surface area (Å²) in [6.07, 6.45) is 5.17. The monoisotopic (exact) mass is 266 g/mol. The SMILES string of the molecule is CC1CCCC(CN)(C(C)(O)c2ccc(F)cn2)C1. The molecule has 0 bridgehead atoms. The summed E-state index contributed by atoms with van der Waals surface area (Å²) in [6.45, 7) is 4.37. The molecule has 0 saturated heterocycles. The van der Waals surface area contributed by atoms with Gasteiger partial charge in [-0.05, 0) is 37.8 Å². The van der Waals surface area contributed by atoms with E-state index in [4.69, 9.17) is 5.73 Å². The number of aromatic nitrogens is 1. The molecule has 1 heterocycles. The lowest BCUT2D eigenvalue weighted by atomic mass is 9.60. The molecule has 3 unspecified atom stereocenters. The molecule has 1 aromatic heterocycles. The van der Waals surface area contributed by atoms with Crippen LogP contribution in [0.15, 0.2) is 18.3 Å². The van der Waals surface area contributed by atoms with Gasteiger partial charge in [-0.1, -0.05) is 19.8 Å². The van der Waals surface area contributed by atoms with Gasteiger partial charge >= 0.3 is 0 Å². The Kier molecular flexibility index (Phi) is 3.92. The Morgan fingerprint density at radius 1 is 1.58 bits per heavy atom. The molecule has 3 nitrogen and oxygen atoms in total. The van der Waals surface area contributed by atoms with E-state index in [0.717, 1.165) is 25.5 Å². The number of hydrogen-bond acceptors (Lipinski definition) is 3. The van der Waals surface area contributed by atoms with Gasteiger partial charge in [0.25, 0.3) is 0 Å². The predicted octanol–water partition coefficient (Wildman–Crippen LogP) is 2.58. The first kappa shape index (κ1) is 14.4. The molecule has 1 aliphatic rings. The molecule has 1 fully saturated rings. The van der Waals surface area contributed by atoms with Gasteiger partial charge in [-0.3, -0.25) is 4.98 Å². The molecule has 1 saturated carbocycles. The zero-order valence-electron chi connectivity index (χ0n) is 11.7. The smallest absolute Gasteiger partial charge is 0.141 e. The van der Waals surface area contributed by atoms with Crippen molar-refractivity contribution in [2.24, 2.45) is 17.1 Å². The number of nitrogens with two attached hydrogens (primary N) is 1. The van der Waals surface area contributed by atoms with Gasteiger partial charge in [-0.2, -0.15) is 0 Å². The van der Waals surface area contributed by atoms with Crippen LogP contribution in [0, 0.1) is 17.2 Å². The van der Waals surface area contributed by atoms with E-state index < -0.39 is 11.4 Å². The molecular weight excluding hydrogens is 243 g/mol. The van der Waals surface area contributed by atoms with Crippen LogP contribution in [-0.4, -0.2) is 16.6 Å². The van der Waals surface area contributed by atoms with Crippen molar-refractivity contribution in [3.8, 4) is 0 Å². The Labute approximate surface area is 114 Å². The zero-order chi connectivity index (χ0) is 14.1. The molecule has 4 heteroatoms. The summed E-state index contributed by atoms with van der Waals surface area (Å²) in [5.41, 5.74) is 5.01. The molecular formula is C15H23FN2O. The lowest BCUT2D eigenvalue weighted by Gasteiger charge is -2.48. The van der Waals surface area contributed by atoms with Gasteiger partial charge in [0.15, 0.2) is 0 Å². The average molecular weight is 266 g/mol. The second-order valence-corrected chi connectivity index (χ2v) is 6.12. The van der Waals surface area contributed by atoms with Crippen molar-refractivity contribution in [1.82, 2.24) is 4.98 Å². The van der Waals surface area contributed by atoms with Crippen molar-refractivity contribution in [3.05, 3.63) is 29.8 Å². The number of halogens is 1. The van der Waals surface area contributed by atoms with E-state index in [1.807, 2.05) is 0 Å². The van der Waals surface area contributed by atoms with Crippen molar-refractivity contribution >= 4 is 0 Å². The molecule has 0 spiro atoms. The molecule has 1 aliphatic carbocycles. The van der Waals surface area contributed by atoms with E-state index in [1.165, 1.54) is 12.5 Å². The number of nitrogens with zero attached hydrogens (tertiary/aromatic N) is 1. The van der Waals surface area contributed by atoms with Crippen molar-refractivity contribution in [1.29, 1.82) is 0 Å². The highest BCUT2D eigenvalue weighted by molar-refractivity contribution is 5.18. The Bertz CT molecular complexity index is 432. The lowest BCUT2D eigenvalue weighted by Crippen LogP contribution is -2.51. The van der Waals surface area contributed by atoms with Crippen LogP contribution in [0.4, 0.5) is 4.39 Å². The molecule has 0 aliphatic heterocycles. The maximum absolute atomic E-state index is 13.0. The van der Waals surface area contributed by atoms with E-state index in [9.17, 15) is 9.50 Å². The zero-order valence-corrected chi connectivity index (χ0v) is 11.7. The highest BCUT2D eigenvalue weighted by atomic mass is 19.1. The summed E-state index contributed by atoms with van der Waals surface area (Å²) in [5, 5.41) is 11.0. The summed E-state index contributed by atoms with van der Waals surface area (Å²) in [5.74, 6) is 0.155. The Balaban J connectivity index is 2.37. The third kappa shape index (κ3) is 2.51. The highest BCUT2D eigenvalue weighted by Gasteiger charge is 2.49. The molecule has 0 amide bonds. The fourth-order valence-corrected chi connectivity index (χ4v) is 3.42. The fraction of sp³-hybridized carbons (Fsp3) is 0.667. The van der Waals surface area contributed by atoms with Gasteiger partial charge in [-0.15, -0.1) is 0 Å². The van der Waals surface area contributed by atoms with E-state index >= 15 is 0 Å². The van der Waals surface area contributed by atoms with Crippen LogP contribution in [0.3, 0.4) is 0 Å². The van der Waals surface area contributed by atoms with Crippen LogP contribution in [0.25, 0.3) is 0 Å². The first-order valence-corrected chi connectivity index (χ1v) is 6.96. The largest absolute Gasteiger partial charge is 0.383 e. The van der Waals surface area contributed by atoms with Crippen LogP contribution in [0.2, 0.25) is 0 Å². The second-order valence-electron chi connectivity index (χ2n) is 6.12. The van der Waals surface area contributed by atoms with Gasteiger partial charge in [0.2, 0.25) is 0 Å². The second kappa shape index (κ2) is 5.17. The van der Waals surface area contributed by atoms with Crippen molar-refractivity contribution < 1.29 is 9.50 Å². The normalized spacial score (nSPS) is 30.9. The fourth-order valence-electron chi connectivity index (χ4n) is 3.42. The maximum atomic E-state index is 13.0. The van der Waals surface area contributed by atoms with Crippen LogP contribution in [-0.2, 0) is 5.60 Å². The number of aliphatic hydroxyl groups is 1. The average Bonchev–Trinajstić information content (AvgIpc) is 2.39. The van der Waals surface area contributed by atoms with Crippen molar-refractivity contribution in [3.63, 3.8) is 0 Å². The Morgan fingerprint density at radius 3 is 2.84 bits per heavy atom. The molecule has 1 aromatic rings. The van der Waals surface area contributed by atoms with Crippen LogP contribution in [0.1, 0.15) is 45.2 Å². The van der Waals surface area contributed by atoms with Crippen LogP contribution >= 0.6 is 0 Å².